The minimum absolute atomic E-state index is 0.442. The highest BCUT2D eigenvalue weighted by Gasteiger charge is 2.69. The van der Waals surface area contributed by atoms with Crippen LogP contribution >= 0.6 is 0 Å². The lowest BCUT2D eigenvalue weighted by Gasteiger charge is -2.10. The molecule has 0 aromatic heterocycles. The number of halogens is 1. The molecule has 2 atom stereocenters. The van der Waals surface area contributed by atoms with Crippen LogP contribution in [0.4, 0.5) is 4.39 Å². The van der Waals surface area contributed by atoms with Gasteiger partial charge in [-0.15, -0.1) is 0 Å². The van der Waals surface area contributed by atoms with Crippen molar-refractivity contribution in [2.45, 2.75) is 11.2 Å². The van der Waals surface area contributed by atoms with E-state index in [9.17, 15) is 23.0 Å². The molecule has 100 valence electrons. The lowest BCUT2D eigenvalue weighted by atomic mass is 10.0. The Hall–Kier alpha value is -0.980. The van der Waals surface area contributed by atoms with Crippen molar-refractivity contribution in [3.8, 4) is 0 Å². The van der Waals surface area contributed by atoms with Gasteiger partial charge in [0.25, 0.3) is 0 Å². The molecular weight excluding hydrogens is 259 g/mol. The maximum atomic E-state index is 13.2. The van der Waals surface area contributed by atoms with Gasteiger partial charge in [0.15, 0.2) is 9.84 Å². The van der Waals surface area contributed by atoms with E-state index in [0.29, 0.717) is 5.56 Å². The maximum absolute atomic E-state index is 13.2. The Labute approximate surface area is 105 Å². The topological polar surface area (TPSA) is 74.6 Å². The molecule has 4 nitrogen and oxygen atoms in total. The molecule has 1 aromatic rings. The molecule has 2 rings (SSSR count). The number of aliphatic hydroxyl groups is 2. The van der Waals surface area contributed by atoms with Crippen LogP contribution in [-0.4, -0.2) is 43.4 Å². The van der Waals surface area contributed by atoms with Crippen LogP contribution in [-0.2, 0) is 9.84 Å². The standard InChI is InChI=1S/C12H15FO4S/c1-18(16,17)11-10(12(11,6-14)7-15)8-3-2-4-9(13)5-8/h2-5,10-11,14-15H,6-7H2,1H3/t10-,11+/m1/s1. The second kappa shape index (κ2) is 4.29. The zero-order chi connectivity index (χ0) is 13.6. The van der Waals surface area contributed by atoms with E-state index in [4.69, 9.17) is 0 Å². The molecule has 0 saturated heterocycles. The molecule has 0 spiro atoms. The lowest BCUT2D eigenvalue weighted by Crippen LogP contribution is -2.22. The quantitative estimate of drug-likeness (QED) is 0.828. The van der Waals surface area contributed by atoms with Gasteiger partial charge in [-0.25, -0.2) is 12.8 Å². The molecule has 0 amide bonds. The van der Waals surface area contributed by atoms with Gasteiger partial charge in [0.1, 0.15) is 5.82 Å². The van der Waals surface area contributed by atoms with Crippen LogP contribution < -0.4 is 0 Å². The van der Waals surface area contributed by atoms with Gasteiger partial charge in [-0.2, -0.15) is 0 Å². The summed E-state index contributed by atoms with van der Waals surface area (Å²) in [7, 11) is -3.41. The van der Waals surface area contributed by atoms with Crippen molar-refractivity contribution < 1.29 is 23.0 Å². The predicted octanol–water partition coefficient (Wildman–Crippen LogP) is 0.307. The molecule has 0 unspecified atom stereocenters. The lowest BCUT2D eigenvalue weighted by molar-refractivity contribution is 0.130. The Morgan fingerprint density at radius 2 is 1.94 bits per heavy atom. The molecule has 6 heteroatoms. The molecule has 1 aliphatic rings. The smallest absolute Gasteiger partial charge is 0.151 e. The van der Waals surface area contributed by atoms with E-state index in [0.717, 1.165) is 6.26 Å². The Kier molecular flexibility index (Phi) is 3.21. The van der Waals surface area contributed by atoms with Gasteiger partial charge in [-0.05, 0) is 17.7 Å². The van der Waals surface area contributed by atoms with E-state index in [1.807, 2.05) is 0 Å². The van der Waals surface area contributed by atoms with Crippen molar-refractivity contribution in [3.63, 3.8) is 0 Å². The Bertz CT molecular complexity index is 551. The van der Waals surface area contributed by atoms with Crippen LogP contribution in [0.2, 0.25) is 0 Å². The summed E-state index contributed by atoms with van der Waals surface area (Å²) in [6, 6.07) is 5.61. The molecule has 1 fully saturated rings. The van der Waals surface area contributed by atoms with E-state index >= 15 is 0 Å². The summed E-state index contributed by atoms with van der Waals surface area (Å²) in [5, 5.41) is 17.9. The molecule has 0 aliphatic heterocycles. The SMILES string of the molecule is CS(=O)(=O)[C@H]1[C@@H](c2cccc(F)c2)C1(CO)CO. The predicted molar refractivity (Wildman–Crippen MR) is 64.4 cm³/mol. The third-order valence-corrected chi connectivity index (χ3v) is 5.30. The fourth-order valence-electron chi connectivity index (χ4n) is 2.76. The largest absolute Gasteiger partial charge is 0.396 e. The van der Waals surface area contributed by atoms with Crippen molar-refractivity contribution in [3.05, 3.63) is 35.6 Å². The van der Waals surface area contributed by atoms with Crippen molar-refractivity contribution >= 4 is 9.84 Å². The molecule has 0 heterocycles. The van der Waals surface area contributed by atoms with Gasteiger partial charge in [0.05, 0.1) is 18.5 Å². The summed E-state index contributed by atoms with van der Waals surface area (Å²) < 4.78 is 36.5. The van der Waals surface area contributed by atoms with Crippen molar-refractivity contribution in [2.24, 2.45) is 5.41 Å². The monoisotopic (exact) mass is 274 g/mol. The second-order valence-corrected chi connectivity index (χ2v) is 7.00. The van der Waals surface area contributed by atoms with Gasteiger partial charge < -0.3 is 10.2 Å². The van der Waals surface area contributed by atoms with E-state index in [1.54, 1.807) is 6.07 Å². The van der Waals surface area contributed by atoms with Crippen molar-refractivity contribution in [2.75, 3.05) is 19.5 Å². The highest BCUT2D eigenvalue weighted by Crippen LogP contribution is 2.62. The van der Waals surface area contributed by atoms with Gasteiger partial charge in [0.2, 0.25) is 0 Å². The number of hydrogen-bond donors (Lipinski definition) is 2. The van der Waals surface area contributed by atoms with E-state index < -0.39 is 45.5 Å². The minimum atomic E-state index is -3.41. The zero-order valence-corrected chi connectivity index (χ0v) is 10.7. The molecule has 1 saturated carbocycles. The molecule has 0 bridgehead atoms. The van der Waals surface area contributed by atoms with Gasteiger partial charge in [-0.3, -0.25) is 0 Å². The maximum Gasteiger partial charge on any atom is 0.151 e. The minimum Gasteiger partial charge on any atom is -0.396 e. The third kappa shape index (κ3) is 1.94. The number of hydrogen-bond acceptors (Lipinski definition) is 4. The average Bonchev–Trinajstić information content (AvgIpc) is 2.98. The number of sulfone groups is 1. The summed E-state index contributed by atoms with van der Waals surface area (Å²) in [4.78, 5) is 0. The van der Waals surface area contributed by atoms with Gasteiger partial charge in [0, 0.05) is 17.6 Å². The molecular formula is C12H15FO4S. The first kappa shape index (κ1) is 13.5. The van der Waals surface area contributed by atoms with Crippen LogP contribution in [0.3, 0.4) is 0 Å². The molecule has 2 N–H and O–H groups in total. The Morgan fingerprint density at radius 1 is 1.33 bits per heavy atom. The first-order valence-corrected chi connectivity index (χ1v) is 7.48. The molecule has 1 aromatic carbocycles. The second-order valence-electron chi connectivity index (χ2n) is 4.83. The fourth-order valence-corrected chi connectivity index (χ4v) is 4.75. The van der Waals surface area contributed by atoms with Crippen LogP contribution in [0.1, 0.15) is 11.5 Å². The number of rotatable bonds is 4. The fraction of sp³-hybridized carbons (Fsp3) is 0.500. The molecule has 18 heavy (non-hydrogen) atoms. The highest BCUT2D eigenvalue weighted by atomic mass is 32.2. The van der Waals surface area contributed by atoms with Gasteiger partial charge in [-0.1, -0.05) is 12.1 Å². The first-order chi connectivity index (χ1) is 8.36. The van der Waals surface area contributed by atoms with E-state index in [2.05, 4.69) is 0 Å². The van der Waals surface area contributed by atoms with Crippen LogP contribution in [0.5, 0.6) is 0 Å². The summed E-state index contributed by atoms with van der Waals surface area (Å²) in [6.07, 6.45) is 1.07. The average molecular weight is 274 g/mol. The normalized spacial score (nSPS) is 26.0. The highest BCUT2D eigenvalue weighted by molar-refractivity contribution is 7.91. The van der Waals surface area contributed by atoms with Gasteiger partial charge >= 0.3 is 0 Å². The molecule has 1 aliphatic carbocycles. The molecule has 0 radical (unpaired) electrons. The Morgan fingerprint density at radius 3 is 2.33 bits per heavy atom. The summed E-state index contributed by atoms with van der Waals surface area (Å²) in [5.74, 6) is -1.02. The summed E-state index contributed by atoms with van der Waals surface area (Å²) in [5.41, 5.74) is -0.602. The van der Waals surface area contributed by atoms with Crippen LogP contribution in [0, 0.1) is 11.2 Å². The zero-order valence-electron chi connectivity index (χ0n) is 9.88. The van der Waals surface area contributed by atoms with E-state index in [-0.39, 0.29) is 0 Å². The number of aliphatic hydroxyl groups excluding tert-OH is 2. The van der Waals surface area contributed by atoms with Crippen LogP contribution in [0.25, 0.3) is 0 Å². The van der Waals surface area contributed by atoms with Crippen molar-refractivity contribution in [1.29, 1.82) is 0 Å². The third-order valence-electron chi connectivity index (χ3n) is 3.64. The number of benzene rings is 1. The van der Waals surface area contributed by atoms with Crippen LogP contribution in [0.15, 0.2) is 24.3 Å². The first-order valence-electron chi connectivity index (χ1n) is 5.53. The summed E-state index contributed by atoms with van der Waals surface area (Å²) >= 11 is 0. The summed E-state index contributed by atoms with van der Waals surface area (Å²) in [6.45, 7) is -0.884. The van der Waals surface area contributed by atoms with Crippen molar-refractivity contribution in [1.82, 2.24) is 0 Å². The van der Waals surface area contributed by atoms with E-state index in [1.165, 1.54) is 18.2 Å². The Balaban J connectivity index is 2.45.